The summed E-state index contributed by atoms with van der Waals surface area (Å²) in [5, 5.41) is 18.2. The molecular formula is C9H8N2O2S. The van der Waals surface area contributed by atoms with E-state index in [9.17, 15) is 4.79 Å². The summed E-state index contributed by atoms with van der Waals surface area (Å²) in [6.45, 7) is 0. The Morgan fingerprint density at radius 3 is 2.93 bits per heavy atom. The van der Waals surface area contributed by atoms with Gasteiger partial charge in [-0.1, -0.05) is 0 Å². The lowest BCUT2D eigenvalue weighted by atomic mass is 10.1. The van der Waals surface area contributed by atoms with Crippen molar-refractivity contribution in [2.75, 3.05) is 5.73 Å². The first-order valence-corrected chi connectivity index (χ1v) is 4.98. The maximum Gasteiger partial charge on any atom is 0.307 e. The highest BCUT2D eigenvalue weighted by atomic mass is 32.1. The van der Waals surface area contributed by atoms with Gasteiger partial charge in [0, 0.05) is 4.88 Å². The van der Waals surface area contributed by atoms with Gasteiger partial charge in [0.05, 0.1) is 11.5 Å². The molecular weight excluding hydrogens is 200 g/mol. The van der Waals surface area contributed by atoms with E-state index in [1.807, 2.05) is 6.07 Å². The molecule has 0 bridgehead atoms. The van der Waals surface area contributed by atoms with Crippen molar-refractivity contribution in [3.8, 4) is 6.07 Å². The second-order valence-electron chi connectivity index (χ2n) is 3.30. The molecule has 1 heterocycles. The Balaban J connectivity index is 2.39. The minimum Gasteiger partial charge on any atom is -0.481 e. The topological polar surface area (TPSA) is 87.1 Å². The van der Waals surface area contributed by atoms with E-state index in [0.29, 0.717) is 23.4 Å². The van der Waals surface area contributed by atoms with Gasteiger partial charge in [-0.2, -0.15) is 5.26 Å². The van der Waals surface area contributed by atoms with Gasteiger partial charge in [-0.3, -0.25) is 4.79 Å². The molecule has 3 N–H and O–H groups in total. The largest absolute Gasteiger partial charge is 0.481 e. The summed E-state index contributed by atoms with van der Waals surface area (Å²) < 4.78 is 0. The zero-order valence-corrected chi connectivity index (χ0v) is 8.10. The molecule has 4 nitrogen and oxygen atoms in total. The van der Waals surface area contributed by atoms with Crippen LogP contribution in [0.3, 0.4) is 0 Å². The van der Waals surface area contributed by atoms with E-state index in [1.165, 1.54) is 11.3 Å². The summed E-state index contributed by atoms with van der Waals surface area (Å²) in [6, 6.07) is 2.03. The van der Waals surface area contributed by atoms with Crippen molar-refractivity contribution in [1.82, 2.24) is 0 Å². The Kier molecular flexibility index (Phi) is 1.93. The van der Waals surface area contributed by atoms with Gasteiger partial charge in [-0.15, -0.1) is 11.3 Å². The van der Waals surface area contributed by atoms with Crippen molar-refractivity contribution in [2.45, 2.75) is 12.8 Å². The number of nitriles is 1. The number of hydrogen-bond acceptors (Lipinski definition) is 4. The van der Waals surface area contributed by atoms with E-state index in [-0.39, 0.29) is 5.92 Å². The molecule has 1 aliphatic carbocycles. The Morgan fingerprint density at radius 2 is 2.36 bits per heavy atom. The zero-order valence-electron chi connectivity index (χ0n) is 7.28. The number of carbonyl (C=O) groups is 1. The highest BCUT2D eigenvalue weighted by Crippen LogP contribution is 2.39. The third kappa shape index (κ3) is 1.16. The molecule has 0 spiro atoms. The molecule has 0 saturated carbocycles. The number of carboxylic acids is 1. The van der Waals surface area contributed by atoms with Crippen LogP contribution in [0.5, 0.6) is 0 Å². The molecule has 2 rings (SSSR count). The summed E-state index contributed by atoms with van der Waals surface area (Å²) in [4.78, 5) is 11.7. The fourth-order valence-electron chi connectivity index (χ4n) is 1.75. The van der Waals surface area contributed by atoms with Crippen LogP contribution in [0.2, 0.25) is 0 Å². The van der Waals surface area contributed by atoms with E-state index in [2.05, 4.69) is 0 Å². The minimum absolute atomic E-state index is 0.371. The molecule has 0 unspecified atom stereocenters. The fourth-order valence-corrected chi connectivity index (χ4v) is 2.88. The van der Waals surface area contributed by atoms with Crippen LogP contribution in [-0.2, 0) is 17.6 Å². The van der Waals surface area contributed by atoms with Gasteiger partial charge in [-0.05, 0) is 18.4 Å². The van der Waals surface area contributed by atoms with Crippen molar-refractivity contribution in [3.05, 3.63) is 16.0 Å². The number of thiophene rings is 1. The molecule has 1 aromatic heterocycles. The predicted octanol–water partition coefficient (Wildman–Crippen LogP) is 1.00. The van der Waals surface area contributed by atoms with E-state index in [4.69, 9.17) is 16.1 Å². The highest BCUT2D eigenvalue weighted by molar-refractivity contribution is 7.16. The van der Waals surface area contributed by atoms with Crippen LogP contribution in [0.15, 0.2) is 0 Å². The molecule has 1 aliphatic rings. The number of fused-ring (bicyclic) bond motifs is 1. The molecule has 0 aromatic carbocycles. The summed E-state index contributed by atoms with van der Waals surface area (Å²) in [7, 11) is 0. The smallest absolute Gasteiger partial charge is 0.307 e. The number of rotatable bonds is 1. The molecule has 14 heavy (non-hydrogen) atoms. The van der Waals surface area contributed by atoms with E-state index >= 15 is 0 Å². The molecule has 5 heteroatoms. The Labute approximate surface area is 84.6 Å². The average Bonchev–Trinajstić information content (AvgIpc) is 2.60. The molecule has 0 saturated heterocycles. The van der Waals surface area contributed by atoms with Crippen LogP contribution in [0.25, 0.3) is 0 Å². The van der Waals surface area contributed by atoms with Crippen LogP contribution in [-0.4, -0.2) is 11.1 Å². The molecule has 0 amide bonds. The van der Waals surface area contributed by atoms with E-state index < -0.39 is 5.97 Å². The number of aliphatic carboxylic acids is 1. The second-order valence-corrected chi connectivity index (χ2v) is 4.44. The quantitative estimate of drug-likeness (QED) is 0.720. The van der Waals surface area contributed by atoms with Gasteiger partial charge < -0.3 is 10.8 Å². The van der Waals surface area contributed by atoms with E-state index in [1.54, 1.807) is 0 Å². The van der Waals surface area contributed by atoms with Gasteiger partial charge >= 0.3 is 5.97 Å². The van der Waals surface area contributed by atoms with Crippen LogP contribution in [0, 0.1) is 17.2 Å². The lowest BCUT2D eigenvalue weighted by molar-refractivity contribution is -0.141. The monoisotopic (exact) mass is 208 g/mol. The fraction of sp³-hybridized carbons (Fsp3) is 0.333. The minimum atomic E-state index is -0.795. The average molecular weight is 208 g/mol. The first kappa shape index (κ1) is 9.03. The molecule has 72 valence electrons. The van der Waals surface area contributed by atoms with Gasteiger partial charge in [0.2, 0.25) is 0 Å². The van der Waals surface area contributed by atoms with E-state index in [0.717, 1.165) is 10.4 Å². The van der Waals surface area contributed by atoms with Crippen LogP contribution in [0.4, 0.5) is 5.00 Å². The van der Waals surface area contributed by atoms with Crippen LogP contribution < -0.4 is 5.73 Å². The Hall–Kier alpha value is -1.54. The molecule has 0 radical (unpaired) electrons. The van der Waals surface area contributed by atoms with Gasteiger partial charge in [0.25, 0.3) is 0 Å². The SMILES string of the molecule is N#Cc1c(N)sc2c1C[C@@H](C(=O)O)C2. The van der Waals surface area contributed by atoms with Gasteiger partial charge in [0.1, 0.15) is 11.1 Å². The number of carboxylic acid groups (broad SMARTS) is 1. The normalized spacial score (nSPS) is 18.9. The van der Waals surface area contributed by atoms with Gasteiger partial charge in [-0.25, -0.2) is 0 Å². The van der Waals surface area contributed by atoms with Crippen molar-refractivity contribution >= 4 is 22.3 Å². The van der Waals surface area contributed by atoms with Crippen molar-refractivity contribution in [1.29, 1.82) is 5.26 Å². The number of nitrogen functional groups attached to an aromatic ring is 1. The van der Waals surface area contributed by atoms with Gasteiger partial charge in [0.15, 0.2) is 0 Å². The third-order valence-electron chi connectivity index (χ3n) is 2.46. The second kappa shape index (κ2) is 3.00. The molecule has 0 fully saturated rings. The van der Waals surface area contributed by atoms with Crippen LogP contribution in [0.1, 0.15) is 16.0 Å². The number of nitrogens with zero attached hydrogens (tertiary/aromatic N) is 1. The standard InChI is InChI=1S/C9H8N2O2S/c10-3-6-5-1-4(9(12)13)2-7(5)14-8(6)11/h4H,1-2,11H2,(H,12,13)/t4-/m1/s1. The highest BCUT2D eigenvalue weighted by Gasteiger charge is 2.31. The third-order valence-corrected chi connectivity index (χ3v) is 3.54. The number of nitrogens with two attached hydrogens (primary N) is 1. The summed E-state index contributed by atoms with van der Waals surface area (Å²) in [6.07, 6.45) is 0.961. The summed E-state index contributed by atoms with van der Waals surface area (Å²) in [5.74, 6) is -1.17. The zero-order chi connectivity index (χ0) is 10.3. The Bertz CT molecular complexity index is 444. The van der Waals surface area contributed by atoms with Crippen LogP contribution >= 0.6 is 11.3 Å². The lowest BCUT2D eigenvalue weighted by Crippen LogP contribution is -2.13. The Morgan fingerprint density at radius 1 is 1.64 bits per heavy atom. The van der Waals surface area contributed by atoms with Crippen molar-refractivity contribution in [3.63, 3.8) is 0 Å². The lowest BCUT2D eigenvalue weighted by Gasteiger charge is -2.00. The summed E-state index contributed by atoms with van der Waals surface area (Å²) in [5.41, 5.74) is 6.96. The van der Waals surface area contributed by atoms with Crippen molar-refractivity contribution in [2.24, 2.45) is 5.92 Å². The first-order valence-electron chi connectivity index (χ1n) is 4.16. The number of anilines is 1. The molecule has 0 aliphatic heterocycles. The maximum atomic E-state index is 10.7. The summed E-state index contributed by atoms with van der Waals surface area (Å²) >= 11 is 1.34. The molecule has 1 aromatic rings. The first-order chi connectivity index (χ1) is 6.63. The van der Waals surface area contributed by atoms with Crippen molar-refractivity contribution < 1.29 is 9.90 Å². The predicted molar refractivity (Wildman–Crippen MR) is 52.0 cm³/mol. The maximum absolute atomic E-state index is 10.7. The number of hydrogen-bond donors (Lipinski definition) is 2. The molecule has 1 atom stereocenters.